The molecule has 1 heterocycles. The van der Waals surface area contributed by atoms with E-state index in [0.29, 0.717) is 0 Å². The van der Waals surface area contributed by atoms with Crippen LogP contribution in [0.3, 0.4) is 0 Å². The summed E-state index contributed by atoms with van der Waals surface area (Å²) in [5, 5.41) is 9.89. The number of benzene rings is 3. The largest absolute Gasteiger partial charge is 0.488 e. The fraction of sp³-hybridized carbons (Fsp3) is 0.345. The maximum absolute atomic E-state index is 13.7. The summed E-state index contributed by atoms with van der Waals surface area (Å²) in [5.74, 6) is -1.28. The minimum atomic E-state index is -4.10. The highest BCUT2D eigenvalue weighted by Crippen LogP contribution is 2.32. The zero-order valence-electron chi connectivity index (χ0n) is 23.7. The molecule has 0 fully saturated rings. The van der Waals surface area contributed by atoms with Gasteiger partial charge < -0.3 is 14.7 Å². The van der Waals surface area contributed by atoms with Crippen LogP contribution in [0.4, 0.5) is 10.1 Å². The van der Waals surface area contributed by atoms with E-state index in [0.717, 1.165) is 29.8 Å². The van der Waals surface area contributed by atoms with Crippen molar-refractivity contribution in [2.75, 3.05) is 31.5 Å². The lowest BCUT2D eigenvalue weighted by Gasteiger charge is -2.38. The van der Waals surface area contributed by atoms with E-state index in [1.807, 2.05) is 13.8 Å². The van der Waals surface area contributed by atoms with Crippen LogP contribution >= 0.6 is 0 Å². The highest BCUT2D eigenvalue weighted by molar-refractivity contribution is 7.92. The Morgan fingerprint density at radius 2 is 1.67 bits per heavy atom. The molecule has 0 unspecified atom stereocenters. The Morgan fingerprint density at radius 3 is 2.29 bits per heavy atom. The van der Waals surface area contributed by atoms with Gasteiger partial charge in [0.1, 0.15) is 17.7 Å². The number of aryl methyl sites for hydroxylation is 1. The van der Waals surface area contributed by atoms with Crippen molar-refractivity contribution in [3.63, 3.8) is 0 Å². The Labute approximate surface area is 245 Å². The number of carbonyl (C=O) groups excluding carboxylic acids is 1. The minimum absolute atomic E-state index is 0.0364. The van der Waals surface area contributed by atoms with Gasteiger partial charge in [0.2, 0.25) is 10.0 Å². The number of halogens is 1. The molecule has 1 amide bonds. The van der Waals surface area contributed by atoms with Gasteiger partial charge >= 0.3 is 0 Å². The average Bonchev–Trinajstić information content (AvgIpc) is 2.95. The maximum Gasteiger partial charge on any atom is 0.261 e. The molecule has 0 bridgehead atoms. The van der Waals surface area contributed by atoms with E-state index in [2.05, 4.69) is 4.72 Å². The van der Waals surface area contributed by atoms with Crippen LogP contribution in [0.1, 0.15) is 29.8 Å². The van der Waals surface area contributed by atoms with Gasteiger partial charge in [-0.2, -0.15) is 4.31 Å². The molecule has 13 heteroatoms. The van der Waals surface area contributed by atoms with Gasteiger partial charge in [0, 0.05) is 25.2 Å². The second kappa shape index (κ2) is 12.4. The SMILES string of the molecule is Cc1ccc(S(=O)(=O)N(C)C[C@@H]2Oc3ccc(NS(=O)(=O)c4ccc(F)cc4)cc3C(=O)N([C@H](C)CO)C[C@H]2C)cc1. The Bertz CT molecular complexity index is 1650. The highest BCUT2D eigenvalue weighted by atomic mass is 32.2. The molecular formula is C29H34FN3O7S2. The molecule has 226 valence electrons. The number of nitrogens with one attached hydrogen (secondary N) is 1. The van der Waals surface area contributed by atoms with Gasteiger partial charge in [0.25, 0.3) is 15.9 Å². The van der Waals surface area contributed by atoms with Crippen LogP contribution in [-0.2, 0) is 20.0 Å². The molecule has 0 radical (unpaired) electrons. The lowest BCUT2D eigenvalue weighted by molar-refractivity contribution is 0.0387. The van der Waals surface area contributed by atoms with E-state index >= 15 is 0 Å². The van der Waals surface area contributed by atoms with Crippen LogP contribution in [0, 0.1) is 18.7 Å². The van der Waals surface area contributed by atoms with E-state index in [1.54, 1.807) is 19.1 Å². The normalized spacial score (nSPS) is 18.5. The van der Waals surface area contributed by atoms with Crippen LogP contribution in [-0.4, -0.2) is 75.9 Å². The molecule has 3 atom stereocenters. The number of hydrogen-bond donors (Lipinski definition) is 2. The Hall–Kier alpha value is -3.52. The first-order valence-electron chi connectivity index (χ1n) is 13.3. The molecule has 0 saturated carbocycles. The molecule has 4 rings (SSSR count). The summed E-state index contributed by atoms with van der Waals surface area (Å²) in [7, 11) is -6.49. The van der Waals surface area contributed by atoms with Crippen molar-refractivity contribution in [3.8, 4) is 5.75 Å². The van der Waals surface area contributed by atoms with Crippen molar-refractivity contribution in [1.29, 1.82) is 0 Å². The zero-order chi connectivity index (χ0) is 30.8. The quantitative estimate of drug-likeness (QED) is 0.375. The van der Waals surface area contributed by atoms with E-state index in [1.165, 1.54) is 46.6 Å². The Balaban J connectivity index is 1.68. The Morgan fingerprint density at radius 1 is 1.05 bits per heavy atom. The summed E-state index contributed by atoms with van der Waals surface area (Å²) in [6, 6.07) is 14.4. The van der Waals surface area contributed by atoms with Crippen LogP contribution in [0.25, 0.3) is 0 Å². The lowest BCUT2D eigenvalue weighted by Crippen LogP contribution is -2.50. The monoisotopic (exact) mass is 619 g/mol. The predicted molar refractivity (Wildman–Crippen MR) is 156 cm³/mol. The van der Waals surface area contributed by atoms with Gasteiger partial charge in [-0.3, -0.25) is 9.52 Å². The molecule has 1 aliphatic heterocycles. The average molecular weight is 620 g/mol. The third kappa shape index (κ3) is 6.75. The lowest BCUT2D eigenvalue weighted by atomic mass is 9.99. The molecule has 42 heavy (non-hydrogen) atoms. The number of likely N-dealkylation sites (N-methyl/N-ethyl adjacent to an activating group) is 1. The number of aliphatic hydroxyl groups is 1. The number of aliphatic hydroxyl groups excluding tert-OH is 1. The van der Waals surface area contributed by atoms with Crippen molar-refractivity contribution in [3.05, 3.63) is 83.7 Å². The van der Waals surface area contributed by atoms with Gasteiger partial charge in [-0.1, -0.05) is 24.6 Å². The van der Waals surface area contributed by atoms with E-state index in [9.17, 15) is 31.1 Å². The molecule has 1 aliphatic rings. The first-order valence-corrected chi connectivity index (χ1v) is 16.2. The van der Waals surface area contributed by atoms with Gasteiger partial charge in [0.15, 0.2) is 0 Å². The second-order valence-corrected chi connectivity index (χ2v) is 14.2. The number of fused-ring (bicyclic) bond motifs is 1. The summed E-state index contributed by atoms with van der Waals surface area (Å²) in [6.45, 7) is 5.16. The minimum Gasteiger partial charge on any atom is -0.488 e. The van der Waals surface area contributed by atoms with Crippen LogP contribution in [0.5, 0.6) is 5.75 Å². The third-order valence-corrected chi connectivity index (χ3v) is 10.4. The summed E-state index contributed by atoms with van der Waals surface area (Å²) in [6.07, 6.45) is -0.697. The molecular weight excluding hydrogens is 585 g/mol. The maximum atomic E-state index is 13.7. The first kappa shape index (κ1) is 31.4. The number of rotatable bonds is 9. The number of amides is 1. The van der Waals surface area contributed by atoms with Gasteiger partial charge in [-0.05, 0) is 68.4 Å². The number of sulfonamides is 2. The first-order chi connectivity index (χ1) is 19.7. The highest BCUT2D eigenvalue weighted by Gasteiger charge is 2.35. The van der Waals surface area contributed by atoms with Gasteiger partial charge in [0.05, 0.1) is 34.5 Å². The van der Waals surface area contributed by atoms with Crippen molar-refractivity contribution < 1.29 is 35.9 Å². The number of anilines is 1. The number of ether oxygens (including phenoxy) is 1. The zero-order valence-corrected chi connectivity index (χ0v) is 25.3. The Kier molecular flexibility index (Phi) is 9.26. The molecule has 0 aliphatic carbocycles. The molecule has 3 aromatic carbocycles. The summed E-state index contributed by atoms with van der Waals surface area (Å²) in [4.78, 5) is 15.1. The topological polar surface area (TPSA) is 133 Å². The molecule has 10 nitrogen and oxygen atoms in total. The summed E-state index contributed by atoms with van der Waals surface area (Å²) >= 11 is 0. The predicted octanol–water partition coefficient (Wildman–Crippen LogP) is 3.48. The molecule has 0 aromatic heterocycles. The summed E-state index contributed by atoms with van der Waals surface area (Å²) in [5.41, 5.74) is 1.03. The van der Waals surface area contributed by atoms with Gasteiger partial charge in [-0.15, -0.1) is 0 Å². The second-order valence-electron chi connectivity index (χ2n) is 10.5. The van der Waals surface area contributed by atoms with Crippen molar-refractivity contribution in [1.82, 2.24) is 9.21 Å². The van der Waals surface area contributed by atoms with E-state index < -0.39 is 43.9 Å². The van der Waals surface area contributed by atoms with Crippen molar-refractivity contribution in [2.45, 2.75) is 42.7 Å². The molecule has 0 saturated heterocycles. The van der Waals surface area contributed by atoms with Crippen LogP contribution < -0.4 is 9.46 Å². The molecule has 2 N–H and O–H groups in total. The third-order valence-electron chi connectivity index (χ3n) is 7.21. The van der Waals surface area contributed by atoms with E-state index in [4.69, 9.17) is 4.74 Å². The number of carbonyl (C=O) groups is 1. The fourth-order valence-electron chi connectivity index (χ4n) is 4.57. The molecule has 0 spiro atoms. The fourth-order valence-corrected chi connectivity index (χ4v) is 6.81. The number of hydrogen-bond acceptors (Lipinski definition) is 7. The smallest absolute Gasteiger partial charge is 0.261 e. The van der Waals surface area contributed by atoms with Crippen LogP contribution in [0.2, 0.25) is 0 Å². The van der Waals surface area contributed by atoms with Crippen LogP contribution in [0.15, 0.2) is 76.5 Å². The van der Waals surface area contributed by atoms with Gasteiger partial charge in [-0.25, -0.2) is 21.2 Å². The molecule has 3 aromatic rings. The number of nitrogens with zero attached hydrogens (tertiary/aromatic N) is 2. The van der Waals surface area contributed by atoms with Crippen molar-refractivity contribution >= 4 is 31.6 Å². The van der Waals surface area contributed by atoms with E-state index in [-0.39, 0.29) is 52.4 Å². The standard InChI is InChI=1S/C29H34FN3O7S2/c1-19-5-10-25(11-6-19)42(38,39)32(4)17-28-20(2)16-33(21(3)18-34)29(35)26-15-23(9-14-27(26)40-28)31-41(36,37)24-12-7-22(30)8-13-24/h5-15,20-21,28,31,34H,16-18H2,1-4H3/t20-,21-,28+/m1/s1. The summed E-state index contributed by atoms with van der Waals surface area (Å²) < 4.78 is 75.5. The van der Waals surface area contributed by atoms with Crippen molar-refractivity contribution in [2.24, 2.45) is 5.92 Å².